The van der Waals surface area contributed by atoms with Gasteiger partial charge in [0.25, 0.3) is 0 Å². The van der Waals surface area contributed by atoms with Crippen LogP contribution in [-0.4, -0.2) is 25.0 Å². The molecule has 0 saturated heterocycles. The summed E-state index contributed by atoms with van der Waals surface area (Å²) in [5, 5.41) is 0. The van der Waals surface area contributed by atoms with Gasteiger partial charge in [0.1, 0.15) is 11.9 Å². The van der Waals surface area contributed by atoms with Crippen molar-refractivity contribution < 1.29 is 32.2 Å². The number of ether oxygens (including phenoxy) is 3. The Bertz CT molecular complexity index is 684. The lowest BCUT2D eigenvalue weighted by molar-refractivity contribution is -0.274. The third-order valence-electron chi connectivity index (χ3n) is 4.42. The molecule has 2 rings (SSSR count). The van der Waals surface area contributed by atoms with Crippen molar-refractivity contribution in [2.24, 2.45) is 11.6 Å². The van der Waals surface area contributed by atoms with Crippen molar-refractivity contribution in [2.45, 2.75) is 51.0 Å². The number of halogens is 3. The van der Waals surface area contributed by atoms with E-state index in [0.717, 1.165) is 18.4 Å². The molecule has 1 aliphatic carbocycles. The Morgan fingerprint density at radius 3 is 2.29 bits per heavy atom. The number of benzene rings is 1. The zero-order valence-corrected chi connectivity index (χ0v) is 15.4. The van der Waals surface area contributed by atoms with Gasteiger partial charge in [0.2, 0.25) is 5.88 Å². The molecule has 1 aliphatic rings. The Labute approximate surface area is 160 Å². The summed E-state index contributed by atoms with van der Waals surface area (Å²) in [4.78, 5) is 11.7. The molecular weight excluding hydrogens is 379 g/mol. The van der Waals surface area contributed by atoms with E-state index in [2.05, 4.69) is 10.2 Å². The van der Waals surface area contributed by atoms with Crippen LogP contribution in [0.3, 0.4) is 0 Å². The fourth-order valence-corrected chi connectivity index (χ4v) is 3.13. The largest absolute Gasteiger partial charge is 0.573 e. The zero-order valence-electron chi connectivity index (χ0n) is 15.4. The van der Waals surface area contributed by atoms with E-state index in [9.17, 15) is 18.0 Å². The summed E-state index contributed by atoms with van der Waals surface area (Å²) >= 11 is 0. The molecule has 0 radical (unpaired) electrons. The van der Waals surface area contributed by atoms with Crippen LogP contribution < -0.4 is 21.7 Å². The van der Waals surface area contributed by atoms with Gasteiger partial charge in [-0.25, -0.2) is 4.79 Å². The van der Waals surface area contributed by atoms with E-state index in [-0.39, 0.29) is 36.0 Å². The first-order chi connectivity index (χ1) is 13.2. The zero-order chi connectivity index (χ0) is 20.7. The molecule has 1 saturated carbocycles. The monoisotopic (exact) mass is 403 g/mol. The van der Waals surface area contributed by atoms with Crippen molar-refractivity contribution >= 4 is 5.97 Å². The topological polar surface area (TPSA) is 109 Å². The molecule has 1 fully saturated rings. The van der Waals surface area contributed by atoms with Gasteiger partial charge in [-0.05, 0) is 56.2 Å². The van der Waals surface area contributed by atoms with Crippen LogP contribution in [-0.2, 0) is 14.3 Å². The van der Waals surface area contributed by atoms with E-state index >= 15 is 0 Å². The van der Waals surface area contributed by atoms with E-state index in [1.165, 1.54) is 12.1 Å². The molecule has 1 aromatic carbocycles. The van der Waals surface area contributed by atoms with Crippen molar-refractivity contribution in [3.63, 3.8) is 0 Å². The fourth-order valence-electron chi connectivity index (χ4n) is 3.13. The number of esters is 1. The van der Waals surface area contributed by atoms with Crippen molar-refractivity contribution in [2.75, 3.05) is 6.61 Å². The summed E-state index contributed by atoms with van der Waals surface area (Å²) in [6.07, 6.45) is -2.02. The first-order valence-corrected chi connectivity index (χ1v) is 8.89. The summed E-state index contributed by atoms with van der Waals surface area (Å²) in [6.45, 7) is 1.83. The third-order valence-corrected chi connectivity index (χ3v) is 4.42. The quantitative estimate of drug-likeness (QED) is 0.211. The molecule has 0 spiro atoms. The first-order valence-electron chi connectivity index (χ1n) is 8.89. The Kier molecular flexibility index (Phi) is 7.38. The molecule has 0 bridgehead atoms. The minimum Gasteiger partial charge on any atom is -0.474 e. The number of alkyl halides is 3. The Balaban J connectivity index is 1.91. The summed E-state index contributed by atoms with van der Waals surface area (Å²) < 4.78 is 51.0. The Morgan fingerprint density at radius 2 is 1.79 bits per heavy atom. The van der Waals surface area contributed by atoms with Gasteiger partial charge in [-0.3, -0.25) is 5.84 Å². The van der Waals surface area contributed by atoms with Gasteiger partial charge in [0, 0.05) is 0 Å². The minimum atomic E-state index is -4.70. The summed E-state index contributed by atoms with van der Waals surface area (Å²) in [6, 6.07) is 5.89. The van der Waals surface area contributed by atoms with Gasteiger partial charge in [-0.15, -0.1) is 13.2 Å². The molecule has 28 heavy (non-hydrogen) atoms. The number of hydrazine groups is 1. The van der Waals surface area contributed by atoms with Gasteiger partial charge < -0.3 is 25.4 Å². The van der Waals surface area contributed by atoms with Gasteiger partial charge in [0.05, 0.1) is 6.61 Å². The average molecular weight is 403 g/mol. The molecule has 5 N–H and O–H groups in total. The van der Waals surface area contributed by atoms with E-state index in [4.69, 9.17) is 21.1 Å². The standard InChI is InChI=1S/C18H24F3N3O4/c1-2-26-17(25)15(24-23)16(22)27-13-7-3-11(4-8-13)12-5-9-14(10-6-12)28-18(19,20)21/h5-6,9-11,13,24H,2-4,7-8,22-23H2,1H3/b16-15+. The molecule has 1 aromatic rings. The van der Waals surface area contributed by atoms with Gasteiger partial charge >= 0.3 is 12.3 Å². The van der Waals surface area contributed by atoms with E-state index in [1.807, 2.05) is 0 Å². The molecule has 0 unspecified atom stereocenters. The Hall–Kier alpha value is -2.62. The van der Waals surface area contributed by atoms with Gasteiger partial charge in [-0.1, -0.05) is 12.1 Å². The van der Waals surface area contributed by atoms with Crippen molar-refractivity contribution in [3.8, 4) is 5.75 Å². The molecule has 10 heteroatoms. The van der Waals surface area contributed by atoms with Crippen LogP contribution in [0.2, 0.25) is 0 Å². The highest BCUT2D eigenvalue weighted by Crippen LogP contribution is 2.35. The normalized spacial score (nSPS) is 20.8. The van der Waals surface area contributed by atoms with Crippen molar-refractivity contribution in [1.82, 2.24) is 5.43 Å². The Morgan fingerprint density at radius 1 is 1.18 bits per heavy atom. The third kappa shape index (κ3) is 6.22. The first kappa shape index (κ1) is 21.7. The number of nitrogens with one attached hydrogen (secondary N) is 1. The number of nitrogens with two attached hydrogens (primary N) is 2. The molecule has 7 nitrogen and oxygen atoms in total. The molecule has 0 aliphatic heterocycles. The maximum absolute atomic E-state index is 12.2. The van der Waals surface area contributed by atoms with E-state index in [0.29, 0.717) is 12.8 Å². The van der Waals surface area contributed by atoms with E-state index < -0.39 is 12.3 Å². The number of rotatable bonds is 7. The van der Waals surface area contributed by atoms with Crippen LogP contribution in [0.1, 0.15) is 44.1 Å². The number of hydrogen-bond donors (Lipinski definition) is 3. The minimum absolute atomic E-state index is 0.127. The van der Waals surface area contributed by atoms with Crippen molar-refractivity contribution in [3.05, 3.63) is 41.4 Å². The molecular formula is C18H24F3N3O4. The maximum Gasteiger partial charge on any atom is 0.573 e. The maximum atomic E-state index is 12.2. The fraction of sp³-hybridized carbons (Fsp3) is 0.500. The molecule has 0 aromatic heterocycles. The second-order valence-corrected chi connectivity index (χ2v) is 6.31. The van der Waals surface area contributed by atoms with Crippen LogP contribution >= 0.6 is 0 Å². The van der Waals surface area contributed by atoms with Crippen LogP contribution in [0.15, 0.2) is 35.8 Å². The van der Waals surface area contributed by atoms with Crippen LogP contribution in [0.4, 0.5) is 13.2 Å². The predicted molar refractivity (Wildman–Crippen MR) is 94.4 cm³/mol. The number of hydrogen-bond acceptors (Lipinski definition) is 7. The highest BCUT2D eigenvalue weighted by Gasteiger charge is 2.31. The lowest BCUT2D eigenvalue weighted by Crippen LogP contribution is -2.33. The second kappa shape index (κ2) is 9.54. The van der Waals surface area contributed by atoms with E-state index in [1.54, 1.807) is 19.1 Å². The SMILES string of the molecule is CCOC(=O)/C(NN)=C(/N)OC1CCC(c2ccc(OC(F)(F)F)cc2)CC1. The highest BCUT2D eigenvalue weighted by atomic mass is 19.4. The lowest BCUT2D eigenvalue weighted by Gasteiger charge is -2.29. The summed E-state index contributed by atoms with van der Waals surface area (Å²) in [5.74, 6) is 4.44. The highest BCUT2D eigenvalue weighted by molar-refractivity contribution is 5.88. The van der Waals surface area contributed by atoms with Crippen LogP contribution in [0.5, 0.6) is 5.75 Å². The second-order valence-electron chi connectivity index (χ2n) is 6.31. The average Bonchev–Trinajstić information content (AvgIpc) is 2.62. The predicted octanol–water partition coefficient (Wildman–Crippen LogP) is 2.78. The number of carbonyl (C=O) groups excluding carboxylic acids is 1. The van der Waals surface area contributed by atoms with Gasteiger partial charge in [0.15, 0.2) is 5.70 Å². The molecule has 0 amide bonds. The summed E-state index contributed by atoms with van der Waals surface area (Å²) in [7, 11) is 0. The summed E-state index contributed by atoms with van der Waals surface area (Å²) in [5.41, 5.74) is 8.81. The molecule has 0 atom stereocenters. The molecule has 156 valence electrons. The van der Waals surface area contributed by atoms with Crippen LogP contribution in [0.25, 0.3) is 0 Å². The lowest BCUT2D eigenvalue weighted by atomic mass is 9.83. The number of carbonyl (C=O) groups is 1. The molecule has 0 heterocycles. The van der Waals surface area contributed by atoms with Crippen LogP contribution in [0, 0.1) is 0 Å². The van der Waals surface area contributed by atoms with Crippen molar-refractivity contribution in [1.29, 1.82) is 0 Å². The smallest absolute Gasteiger partial charge is 0.474 e. The van der Waals surface area contributed by atoms with Gasteiger partial charge in [-0.2, -0.15) is 0 Å².